The van der Waals surface area contributed by atoms with E-state index in [4.69, 9.17) is 0 Å². The first-order valence-corrected chi connectivity index (χ1v) is 10.6. The van der Waals surface area contributed by atoms with Crippen LogP contribution in [-0.4, -0.2) is 37.0 Å². The molecule has 1 aromatic carbocycles. The Morgan fingerprint density at radius 3 is 2.85 bits per heavy atom. The molecule has 1 atom stereocenters. The molecule has 1 saturated heterocycles. The first-order chi connectivity index (χ1) is 13.2. The van der Waals surface area contributed by atoms with Crippen molar-refractivity contribution >= 4 is 17.3 Å². The molecule has 27 heavy (non-hydrogen) atoms. The number of likely N-dealkylation sites (tertiary alicyclic amines) is 1. The number of rotatable bonds is 7. The summed E-state index contributed by atoms with van der Waals surface area (Å²) in [5, 5.41) is 8.95. The molecule has 6 heteroatoms. The number of nitrogens with one attached hydrogen (secondary N) is 2. The molecule has 0 bridgehead atoms. The molecule has 0 spiro atoms. The highest BCUT2D eigenvalue weighted by Gasteiger charge is 2.20. The molecule has 3 rings (SSSR count). The maximum atomic E-state index is 13.0. The minimum absolute atomic E-state index is 0.211. The summed E-state index contributed by atoms with van der Waals surface area (Å²) in [6.07, 6.45) is 2.51. The molecule has 1 aliphatic rings. The Labute approximate surface area is 165 Å². The molecule has 146 valence electrons. The Bertz CT molecular complexity index is 699. The van der Waals surface area contributed by atoms with E-state index in [0.717, 1.165) is 37.7 Å². The minimum Gasteiger partial charge on any atom is -0.357 e. The van der Waals surface area contributed by atoms with Gasteiger partial charge in [-0.2, -0.15) is 0 Å². The fourth-order valence-electron chi connectivity index (χ4n) is 3.43. The summed E-state index contributed by atoms with van der Waals surface area (Å²) in [5.41, 5.74) is 1.01. The summed E-state index contributed by atoms with van der Waals surface area (Å²) < 4.78 is 13.0. The van der Waals surface area contributed by atoms with Gasteiger partial charge in [0.1, 0.15) is 5.82 Å². The molecule has 1 aliphatic heterocycles. The van der Waals surface area contributed by atoms with Gasteiger partial charge in [-0.3, -0.25) is 4.90 Å². The van der Waals surface area contributed by atoms with Crippen LogP contribution in [0.2, 0.25) is 0 Å². The van der Waals surface area contributed by atoms with Crippen LogP contribution in [0.5, 0.6) is 0 Å². The largest absolute Gasteiger partial charge is 0.357 e. The van der Waals surface area contributed by atoms with Gasteiger partial charge in [-0.15, -0.1) is 11.3 Å². The topological polar surface area (TPSA) is 39.7 Å². The van der Waals surface area contributed by atoms with Crippen molar-refractivity contribution in [1.29, 1.82) is 0 Å². The molecule has 0 amide bonds. The zero-order valence-electron chi connectivity index (χ0n) is 16.0. The molecule has 0 radical (unpaired) electrons. The Hall–Kier alpha value is -1.92. The van der Waals surface area contributed by atoms with E-state index in [9.17, 15) is 4.39 Å². The third-order valence-corrected chi connectivity index (χ3v) is 5.66. The highest BCUT2D eigenvalue weighted by molar-refractivity contribution is 7.09. The van der Waals surface area contributed by atoms with Crippen LogP contribution in [0.4, 0.5) is 4.39 Å². The summed E-state index contributed by atoms with van der Waals surface area (Å²) in [7, 11) is 0. The second-order valence-electron chi connectivity index (χ2n) is 7.03. The first kappa shape index (κ1) is 19.8. The number of halogens is 1. The molecule has 2 aromatic rings. The van der Waals surface area contributed by atoms with E-state index in [-0.39, 0.29) is 5.82 Å². The molecule has 2 heterocycles. The van der Waals surface area contributed by atoms with Gasteiger partial charge in [-0.05, 0) is 61.4 Å². The maximum absolute atomic E-state index is 13.0. The van der Waals surface area contributed by atoms with Crippen molar-refractivity contribution in [2.45, 2.75) is 32.9 Å². The van der Waals surface area contributed by atoms with Gasteiger partial charge in [0.15, 0.2) is 5.96 Å². The van der Waals surface area contributed by atoms with Crippen LogP contribution in [0, 0.1) is 11.7 Å². The normalized spacial score (nSPS) is 18.4. The van der Waals surface area contributed by atoms with E-state index in [1.54, 1.807) is 12.1 Å². The van der Waals surface area contributed by atoms with Crippen LogP contribution in [0.3, 0.4) is 0 Å². The summed E-state index contributed by atoms with van der Waals surface area (Å²) in [6.45, 7) is 7.74. The minimum atomic E-state index is -0.211. The van der Waals surface area contributed by atoms with Crippen molar-refractivity contribution in [3.05, 3.63) is 58.0 Å². The zero-order valence-corrected chi connectivity index (χ0v) is 16.8. The van der Waals surface area contributed by atoms with Gasteiger partial charge in [0.2, 0.25) is 0 Å². The Morgan fingerprint density at radius 2 is 2.11 bits per heavy atom. The first-order valence-electron chi connectivity index (χ1n) is 9.74. The average Bonchev–Trinajstić information content (AvgIpc) is 3.18. The molecular formula is C21H29FN4S. The summed E-state index contributed by atoms with van der Waals surface area (Å²) in [4.78, 5) is 8.64. The summed E-state index contributed by atoms with van der Waals surface area (Å²) in [5.74, 6) is 1.25. The van der Waals surface area contributed by atoms with Crippen molar-refractivity contribution in [2.75, 3.05) is 26.2 Å². The Balaban J connectivity index is 1.49. The molecule has 4 nitrogen and oxygen atoms in total. The number of nitrogens with zero attached hydrogens (tertiary/aromatic N) is 2. The number of aliphatic imine (C=N–C) groups is 1. The van der Waals surface area contributed by atoms with E-state index in [1.807, 2.05) is 11.3 Å². The number of hydrogen-bond acceptors (Lipinski definition) is 3. The molecule has 0 saturated carbocycles. The lowest BCUT2D eigenvalue weighted by Crippen LogP contribution is -2.44. The predicted molar refractivity (Wildman–Crippen MR) is 112 cm³/mol. The van der Waals surface area contributed by atoms with Gasteiger partial charge < -0.3 is 10.6 Å². The van der Waals surface area contributed by atoms with Crippen LogP contribution >= 0.6 is 11.3 Å². The van der Waals surface area contributed by atoms with Gasteiger partial charge in [0.25, 0.3) is 0 Å². The third-order valence-electron chi connectivity index (χ3n) is 4.80. The number of guanidine groups is 1. The lowest BCUT2D eigenvalue weighted by molar-refractivity contribution is 0.169. The van der Waals surface area contributed by atoms with Crippen LogP contribution in [0.15, 0.2) is 46.8 Å². The lowest BCUT2D eigenvalue weighted by atomic mass is 9.98. The van der Waals surface area contributed by atoms with Crippen molar-refractivity contribution in [1.82, 2.24) is 15.5 Å². The second-order valence-corrected chi connectivity index (χ2v) is 8.06. The van der Waals surface area contributed by atoms with E-state index in [2.05, 4.69) is 45.0 Å². The smallest absolute Gasteiger partial charge is 0.191 e. The SMILES string of the molecule is CCNC(=NCc1ccc(F)cc1)NCC1CCCN(Cc2cccs2)C1. The number of piperidine rings is 1. The van der Waals surface area contributed by atoms with E-state index >= 15 is 0 Å². The number of thiophene rings is 1. The van der Waals surface area contributed by atoms with Crippen molar-refractivity contribution < 1.29 is 4.39 Å². The van der Waals surface area contributed by atoms with Crippen LogP contribution < -0.4 is 10.6 Å². The third kappa shape index (κ3) is 6.63. The predicted octanol–water partition coefficient (Wildman–Crippen LogP) is 3.85. The summed E-state index contributed by atoms with van der Waals surface area (Å²) >= 11 is 1.84. The molecule has 2 N–H and O–H groups in total. The zero-order chi connectivity index (χ0) is 18.9. The van der Waals surface area contributed by atoms with Gasteiger partial charge in [0, 0.05) is 31.1 Å². The number of hydrogen-bond donors (Lipinski definition) is 2. The van der Waals surface area contributed by atoms with Gasteiger partial charge in [0.05, 0.1) is 6.54 Å². The molecule has 1 fully saturated rings. The van der Waals surface area contributed by atoms with Crippen molar-refractivity contribution in [3.8, 4) is 0 Å². The molecule has 0 aliphatic carbocycles. The van der Waals surface area contributed by atoms with Crippen molar-refractivity contribution in [3.63, 3.8) is 0 Å². The standard InChI is InChI=1S/C21H29FN4S/c1-2-23-21(24-13-17-7-9-19(22)10-8-17)25-14-18-5-3-11-26(15-18)16-20-6-4-12-27-20/h4,6-10,12,18H,2-3,5,11,13-16H2,1H3,(H2,23,24,25). The molecule has 1 aromatic heterocycles. The van der Waals surface area contributed by atoms with Crippen LogP contribution in [-0.2, 0) is 13.1 Å². The van der Waals surface area contributed by atoms with Crippen LogP contribution in [0.1, 0.15) is 30.2 Å². The lowest BCUT2D eigenvalue weighted by Gasteiger charge is -2.32. The number of benzene rings is 1. The van der Waals surface area contributed by atoms with E-state index in [0.29, 0.717) is 12.5 Å². The van der Waals surface area contributed by atoms with Gasteiger partial charge in [-0.25, -0.2) is 9.38 Å². The summed E-state index contributed by atoms with van der Waals surface area (Å²) in [6, 6.07) is 10.9. The fraction of sp³-hybridized carbons (Fsp3) is 0.476. The average molecular weight is 389 g/mol. The monoisotopic (exact) mass is 388 g/mol. The van der Waals surface area contributed by atoms with Gasteiger partial charge in [-0.1, -0.05) is 18.2 Å². The van der Waals surface area contributed by atoms with Crippen molar-refractivity contribution in [2.24, 2.45) is 10.9 Å². The molecular weight excluding hydrogens is 359 g/mol. The Morgan fingerprint density at radius 1 is 1.26 bits per heavy atom. The molecule has 1 unspecified atom stereocenters. The van der Waals surface area contributed by atoms with E-state index in [1.165, 1.54) is 36.4 Å². The van der Waals surface area contributed by atoms with Gasteiger partial charge >= 0.3 is 0 Å². The highest BCUT2D eigenvalue weighted by Crippen LogP contribution is 2.20. The second kappa shape index (κ2) is 10.4. The van der Waals surface area contributed by atoms with Crippen LogP contribution in [0.25, 0.3) is 0 Å². The fourth-order valence-corrected chi connectivity index (χ4v) is 4.17. The Kier molecular flexibility index (Phi) is 7.66. The highest BCUT2D eigenvalue weighted by atomic mass is 32.1. The quantitative estimate of drug-likeness (QED) is 0.559. The maximum Gasteiger partial charge on any atom is 0.191 e. The van der Waals surface area contributed by atoms with E-state index < -0.39 is 0 Å².